The van der Waals surface area contributed by atoms with Gasteiger partial charge in [-0.3, -0.25) is 9.48 Å². The Kier molecular flexibility index (Phi) is 8.25. The molecule has 7 nitrogen and oxygen atoms in total. The number of amides is 1. The number of benzene rings is 1. The third-order valence-electron chi connectivity index (χ3n) is 5.47. The summed E-state index contributed by atoms with van der Waals surface area (Å²) >= 11 is 0. The monoisotopic (exact) mass is 475 g/mol. The van der Waals surface area contributed by atoms with Crippen molar-refractivity contribution in [1.82, 2.24) is 25.3 Å². The van der Waals surface area contributed by atoms with E-state index in [2.05, 4.69) is 25.4 Å². The molecule has 1 aromatic carbocycles. The number of halogens is 5. The van der Waals surface area contributed by atoms with Gasteiger partial charge in [0.15, 0.2) is 5.69 Å². The zero-order valence-electron chi connectivity index (χ0n) is 18.0. The van der Waals surface area contributed by atoms with Gasteiger partial charge in [-0.2, -0.15) is 27.1 Å². The summed E-state index contributed by atoms with van der Waals surface area (Å²) in [5.41, 5.74) is -1.10. The van der Waals surface area contributed by atoms with Crippen molar-refractivity contribution in [2.45, 2.75) is 38.2 Å². The first-order valence-corrected chi connectivity index (χ1v) is 10.5. The Morgan fingerprint density at radius 1 is 1.24 bits per heavy atom. The molecule has 0 atom stereocenters. The van der Waals surface area contributed by atoms with Gasteiger partial charge in [-0.1, -0.05) is 18.2 Å². The molecule has 0 bridgehead atoms. The van der Waals surface area contributed by atoms with Gasteiger partial charge in [0.05, 0.1) is 6.04 Å². The minimum atomic E-state index is -4.70. The van der Waals surface area contributed by atoms with E-state index in [1.807, 2.05) is 7.05 Å². The molecule has 12 heteroatoms. The van der Waals surface area contributed by atoms with Gasteiger partial charge in [-0.15, -0.1) is 0 Å². The summed E-state index contributed by atoms with van der Waals surface area (Å²) in [6, 6.07) is 6.25. The van der Waals surface area contributed by atoms with Gasteiger partial charge < -0.3 is 20.3 Å². The Balaban J connectivity index is 1.75. The summed E-state index contributed by atoms with van der Waals surface area (Å²) in [7, 11) is 1.85. The maximum atomic E-state index is 13.3. The minimum absolute atomic E-state index is 0.119. The van der Waals surface area contributed by atoms with Gasteiger partial charge in [-0.05, 0) is 26.0 Å². The number of likely N-dealkylation sites (N-methyl/N-ethyl adjacent to an activating group) is 1. The second-order valence-corrected chi connectivity index (χ2v) is 7.70. The molecule has 1 saturated heterocycles. The molecule has 3 rings (SSSR count). The van der Waals surface area contributed by atoms with Gasteiger partial charge in [0.1, 0.15) is 11.4 Å². The number of hydrogen-bond donors (Lipinski definition) is 2. The van der Waals surface area contributed by atoms with E-state index in [9.17, 15) is 26.7 Å². The molecule has 1 fully saturated rings. The Morgan fingerprint density at radius 2 is 1.94 bits per heavy atom. The van der Waals surface area contributed by atoms with Crippen LogP contribution in [0, 0.1) is 0 Å². The van der Waals surface area contributed by atoms with E-state index in [1.165, 1.54) is 18.2 Å². The minimum Gasteiger partial charge on any atom is -0.434 e. The van der Waals surface area contributed by atoms with Crippen molar-refractivity contribution in [3.63, 3.8) is 0 Å². The summed E-state index contributed by atoms with van der Waals surface area (Å²) in [6.07, 6.45) is -3.60. The van der Waals surface area contributed by atoms with Crippen LogP contribution in [0.4, 0.5) is 22.0 Å². The number of carbonyl (C=O) groups excluding carboxylic acids is 1. The predicted molar refractivity (Wildman–Crippen MR) is 110 cm³/mol. The molecule has 0 unspecified atom stereocenters. The maximum Gasteiger partial charge on any atom is 0.435 e. The van der Waals surface area contributed by atoms with Crippen molar-refractivity contribution in [3.05, 3.63) is 47.3 Å². The number of ether oxygens (including phenoxy) is 1. The Bertz CT molecular complexity index is 926. The molecule has 1 aromatic heterocycles. The SMILES string of the molecule is CNCCN1CCC(n2nc(C(F)(F)F)cc2C(=O)NCc2ccccc2OC(F)F)CC1. The molecule has 1 amide bonds. The van der Waals surface area contributed by atoms with Crippen molar-refractivity contribution in [2.75, 3.05) is 33.2 Å². The van der Waals surface area contributed by atoms with Crippen molar-refractivity contribution in [3.8, 4) is 5.75 Å². The maximum absolute atomic E-state index is 13.3. The molecule has 1 aliphatic rings. The molecule has 182 valence electrons. The van der Waals surface area contributed by atoms with E-state index in [-0.39, 0.29) is 29.6 Å². The first kappa shape index (κ1) is 24.9. The van der Waals surface area contributed by atoms with Crippen molar-refractivity contribution in [2.24, 2.45) is 0 Å². The Morgan fingerprint density at radius 3 is 2.58 bits per heavy atom. The number of rotatable bonds is 9. The molecule has 33 heavy (non-hydrogen) atoms. The van der Waals surface area contributed by atoms with E-state index >= 15 is 0 Å². The van der Waals surface area contributed by atoms with Gasteiger partial charge >= 0.3 is 12.8 Å². The highest BCUT2D eigenvalue weighted by molar-refractivity contribution is 5.92. The summed E-state index contributed by atoms with van der Waals surface area (Å²) in [6.45, 7) is -0.272. The van der Waals surface area contributed by atoms with Crippen molar-refractivity contribution in [1.29, 1.82) is 0 Å². The van der Waals surface area contributed by atoms with E-state index in [4.69, 9.17) is 0 Å². The molecule has 0 saturated carbocycles. The highest BCUT2D eigenvalue weighted by Crippen LogP contribution is 2.32. The van der Waals surface area contributed by atoms with Crippen LogP contribution in [-0.2, 0) is 12.7 Å². The second-order valence-electron chi connectivity index (χ2n) is 7.70. The van der Waals surface area contributed by atoms with Crippen molar-refractivity contribution < 1.29 is 31.5 Å². The molecule has 0 radical (unpaired) electrons. The number of carbonyl (C=O) groups is 1. The van der Waals surface area contributed by atoms with Crippen LogP contribution >= 0.6 is 0 Å². The smallest absolute Gasteiger partial charge is 0.434 e. The molecule has 2 aromatic rings. The number of likely N-dealkylation sites (tertiary alicyclic amines) is 1. The topological polar surface area (TPSA) is 71.4 Å². The van der Waals surface area contributed by atoms with Gasteiger partial charge in [-0.25, -0.2) is 0 Å². The fourth-order valence-electron chi connectivity index (χ4n) is 3.77. The van der Waals surface area contributed by atoms with Gasteiger partial charge in [0.2, 0.25) is 0 Å². The molecule has 1 aliphatic heterocycles. The van der Waals surface area contributed by atoms with Crippen LogP contribution in [0.5, 0.6) is 5.75 Å². The number of para-hydroxylation sites is 1. The lowest BCUT2D eigenvalue weighted by atomic mass is 10.0. The fraction of sp³-hybridized carbons (Fsp3) is 0.524. The molecule has 0 aliphatic carbocycles. The largest absolute Gasteiger partial charge is 0.435 e. The lowest BCUT2D eigenvalue weighted by Crippen LogP contribution is -2.39. The fourth-order valence-corrected chi connectivity index (χ4v) is 3.77. The first-order chi connectivity index (χ1) is 15.7. The third kappa shape index (κ3) is 6.64. The van der Waals surface area contributed by atoms with Crippen LogP contribution in [0.1, 0.15) is 40.6 Å². The average Bonchev–Trinajstić information content (AvgIpc) is 3.23. The summed E-state index contributed by atoms with van der Waals surface area (Å²) in [5.74, 6) is -0.895. The number of piperidine rings is 1. The Labute approximate surface area is 187 Å². The van der Waals surface area contributed by atoms with Gasteiger partial charge in [0.25, 0.3) is 5.91 Å². The van der Waals surface area contributed by atoms with Crippen LogP contribution in [0.2, 0.25) is 0 Å². The summed E-state index contributed by atoms with van der Waals surface area (Å²) in [5, 5.41) is 9.26. The second kappa shape index (κ2) is 10.9. The zero-order valence-corrected chi connectivity index (χ0v) is 18.0. The molecule has 2 heterocycles. The van der Waals surface area contributed by atoms with E-state index in [0.717, 1.165) is 23.8 Å². The Hall–Kier alpha value is -2.73. The lowest BCUT2D eigenvalue weighted by Gasteiger charge is -2.32. The number of alkyl halides is 5. The van der Waals surface area contributed by atoms with Gasteiger partial charge in [0, 0.05) is 44.4 Å². The lowest BCUT2D eigenvalue weighted by molar-refractivity contribution is -0.141. The van der Waals surface area contributed by atoms with E-state index < -0.39 is 24.4 Å². The predicted octanol–water partition coefficient (Wildman–Crippen LogP) is 3.29. The normalized spacial score (nSPS) is 15.7. The van der Waals surface area contributed by atoms with Crippen LogP contribution in [0.15, 0.2) is 30.3 Å². The van der Waals surface area contributed by atoms with Crippen LogP contribution in [0.3, 0.4) is 0 Å². The number of hydrogen-bond acceptors (Lipinski definition) is 5. The summed E-state index contributed by atoms with van der Waals surface area (Å²) < 4.78 is 70.8. The molecule has 0 spiro atoms. The van der Waals surface area contributed by atoms with E-state index in [0.29, 0.717) is 25.9 Å². The number of nitrogens with one attached hydrogen (secondary N) is 2. The standard InChI is InChI=1S/C21H26F5N5O2/c1-27-8-11-30-9-6-15(7-10-30)31-16(12-18(29-31)21(24,25)26)19(32)28-13-14-4-2-3-5-17(14)33-20(22)23/h2-5,12,15,20,27H,6-11,13H2,1H3,(H,28,32). The quantitative estimate of drug-likeness (QED) is 0.545. The third-order valence-corrected chi connectivity index (χ3v) is 5.47. The van der Waals surface area contributed by atoms with E-state index in [1.54, 1.807) is 6.07 Å². The molecular weight excluding hydrogens is 449 g/mol. The molecular formula is C21H26F5N5O2. The highest BCUT2D eigenvalue weighted by Gasteiger charge is 2.37. The van der Waals surface area contributed by atoms with Crippen LogP contribution in [0.25, 0.3) is 0 Å². The van der Waals surface area contributed by atoms with Crippen LogP contribution < -0.4 is 15.4 Å². The number of nitrogens with zero attached hydrogens (tertiary/aromatic N) is 3. The number of aromatic nitrogens is 2. The first-order valence-electron chi connectivity index (χ1n) is 10.5. The summed E-state index contributed by atoms with van der Waals surface area (Å²) in [4.78, 5) is 15.0. The average molecular weight is 475 g/mol. The highest BCUT2D eigenvalue weighted by atomic mass is 19.4. The molecule has 2 N–H and O–H groups in total. The van der Waals surface area contributed by atoms with Crippen molar-refractivity contribution >= 4 is 5.91 Å². The van der Waals surface area contributed by atoms with Crippen LogP contribution in [-0.4, -0.2) is 60.4 Å². The zero-order chi connectivity index (χ0) is 24.0.